The highest BCUT2D eigenvalue weighted by Gasteiger charge is 2.21. The topological polar surface area (TPSA) is 64.3 Å². The minimum Gasteiger partial charge on any atom is -0.383 e. The first kappa shape index (κ1) is 37.8. The molecule has 6 rings (SSSR count). The molecule has 4 aliphatic rings. The van der Waals surface area contributed by atoms with E-state index in [-0.39, 0.29) is 0 Å². The molecular weight excluding hydrogens is 584 g/mol. The van der Waals surface area contributed by atoms with Crippen molar-refractivity contribution in [1.29, 1.82) is 0 Å². The molecule has 4 saturated heterocycles. The zero-order chi connectivity index (χ0) is 32.8. The van der Waals surface area contributed by atoms with Crippen molar-refractivity contribution in [1.82, 2.24) is 25.3 Å². The maximum Gasteiger partial charge on any atom is 0.0700 e. The number of para-hydroxylation sites is 1. The second-order valence-electron chi connectivity index (χ2n) is 13.7. The van der Waals surface area contributed by atoms with Crippen LogP contribution in [0.15, 0.2) is 60.7 Å². The largest absolute Gasteiger partial charge is 0.383 e. The molecule has 2 aromatic carbocycles. The van der Waals surface area contributed by atoms with Crippen molar-refractivity contribution >= 4 is 5.69 Å². The van der Waals surface area contributed by atoms with Gasteiger partial charge in [0.15, 0.2) is 0 Å². The van der Waals surface area contributed by atoms with Gasteiger partial charge in [-0.3, -0.25) is 0 Å². The minimum atomic E-state index is 0.380. The number of methoxy groups -OCH3 is 1. The first-order valence-electron chi connectivity index (χ1n) is 18.7. The Bertz CT molecular complexity index is 999. The SMILES string of the molecule is C1CN[C@H](CN2CCCC2)C1.CN1CCC[C@H]1CNc1ccccc1.COCCOCCN[C@@H](CN1CCCCC1)c1ccccc1. The van der Waals surface area contributed by atoms with Crippen molar-refractivity contribution in [3.63, 3.8) is 0 Å². The maximum atomic E-state index is 5.55. The fraction of sp³-hybridized carbons (Fsp3) is 0.692. The Morgan fingerprint density at radius 1 is 0.766 bits per heavy atom. The zero-order valence-corrected chi connectivity index (χ0v) is 29.7. The Labute approximate surface area is 286 Å². The molecule has 4 heterocycles. The number of benzene rings is 2. The summed E-state index contributed by atoms with van der Waals surface area (Å²) in [5.74, 6) is 0. The summed E-state index contributed by atoms with van der Waals surface area (Å²) in [5, 5.41) is 10.7. The van der Waals surface area contributed by atoms with Crippen LogP contribution in [0.3, 0.4) is 0 Å². The standard InChI is InChI=1S/C18H30N2O2.C12H18N2.C9H18N2/c1-21-14-15-22-13-10-19-18(17-8-4-2-5-9-17)16-20-11-6-3-7-12-20;1-14-9-5-8-12(14)10-13-11-6-3-2-4-7-11;1-2-7-11(6-1)8-9-4-3-5-10-9/h2,4-5,8-9,18-19H,3,6-7,10-16H2,1H3;2-4,6-7,12-13H,5,8-10H2,1H3;9-10H,1-8H2/t18-;12-;9-/m000/s1. The summed E-state index contributed by atoms with van der Waals surface area (Å²) in [4.78, 5) is 7.62. The monoisotopic (exact) mass is 651 g/mol. The highest BCUT2D eigenvalue weighted by Crippen LogP contribution is 2.18. The van der Waals surface area contributed by atoms with Crippen LogP contribution in [0.5, 0.6) is 0 Å². The average Bonchev–Trinajstić information content (AvgIpc) is 3.92. The predicted molar refractivity (Wildman–Crippen MR) is 197 cm³/mol. The molecule has 8 heteroatoms. The van der Waals surface area contributed by atoms with Crippen LogP contribution in [-0.2, 0) is 9.47 Å². The quantitative estimate of drug-likeness (QED) is 0.219. The summed E-state index contributed by atoms with van der Waals surface area (Å²) in [7, 11) is 3.91. The summed E-state index contributed by atoms with van der Waals surface area (Å²) >= 11 is 0. The van der Waals surface area contributed by atoms with Gasteiger partial charge in [0.05, 0.1) is 19.8 Å². The number of hydrogen-bond acceptors (Lipinski definition) is 8. The van der Waals surface area contributed by atoms with E-state index in [0.29, 0.717) is 19.3 Å². The van der Waals surface area contributed by atoms with E-state index in [1.54, 1.807) is 7.11 Å². The Balaban J connectivity index is 0.000000171. The lowest BCUT2D eigenvalue weighted by Gasteiger charge is -2.31. The summed E-state index contributed by atoms with van der Waals surface area (Å²) in [5.41, 5.74) is 2.60. The van der Waals surface area contributed by atoms with Crippen LogP contribution in [0, 0.1) is 0 Å². The first-order valence-corrected chi connectivity index (χ1v) is 18.7. The maximum absolute atomic E-state index is 5.55. The summed E-state index contributed by atoms with van der Waals surface area (Å²) in [6, 6.07) is 23.1. The van der Waals surface area contributed by atoms with Crippen LogP contribution < -0.4 is 16.0 Å². The predicted octanol–water partition coefficient (Wildman–Crippen LogP) is 5.49. The highest BCUT2D eigenvalue weighted by atomic mass is 16.5. The lowest BCUT2D eigenvalue weighted by Crippen LogP contribution is -2.39. The second kappa shape index (κ2) is 23.3. The number of rotatable bonds is 15. The van der Waals surface area contributed by atoms with E-state index < -0.39 is 0 Å². The molecule has 0 bridgehead atoms. The summed E-state index contributed by atoms with van der Waals surface area (Å²) in [6.07, 6.45) is 12.4. The molecule has 0 radical (unpaired) electrons. The molecule has 0 aliphatic carbocycles. The van der Waals surface area contributed by atoms with E-state index >= 15 is 0 Å². The Kier molecular flexibility index (Phi) is 18.8. The Morgan fingerprint density at radius 2 is 1.47 bits per heavy atom. The minimum absolute atomic E-state index is 0.380. The summed E-state index contributed by atoms with van der Waals surface area (Å²) < 4.78 is 10.5. The molecule has 3 N–H and O–H groups in total. The fourth-order valence-electron chi connectivity index (χ4n) is 7.14. The van der Waals surface area contributed by atoms with Crippen molar-refractivity contribution < 1.29 is 9.47 Å². The van der Waals surface area contributed by atoms with E-state index in [2.05, 4.69) is 92.3 Å². The molecule has 4 fully saturated rings. The van der Waals surface area contributed by atoms with Crippen molar-refractivity contribution in [3.05, 3.63) is 66.2 Å². The number of ether oxygens (including phenoxy) is 2. The third kappa shape index (κ3) is 15.4. The van der Waals surface area contributed by atoms with Crippen LogP contribution in [0.2, 0.25) is 0 Å². The van der Waals surface area contributed by atoms with Gasteiger partial charge in [-0.2, -0.15) is 0 Å². The van der Waals surface area contributed by atoms with E-state index in [4.69, 9.17) is 9.47 Å². The van der Waals surface area contributed by atoms with Gasteiger partial charge in [0.2, 0.25) is 0 Å². The molecule has 264 valence electrons. The molecule has 0 unspecified atom stereocenters. The van der Waals surface area contributed by atoms with Gasteiger partial charge in [-0.25, -0.2) is 0 Å². The lowest BCUT2D eigenvalue weighted by molar-refractivity contribution is 0.0702. The second-order valence-corrected chi connectivity index (χ2v) is 13.7. The normalized spacial score (nSPS) is 22.7. The van der Waals surface area contributed by atoms with Crippen LogP contribution >= 0.6 is 0 Å². The van der Waals surface area contributed by atoms with E-state index in [9.17, 15) is 0 Å². The number of hydrogen-bond donors (Lipinski definition) is 3. The van der Waals surface area contributed by atoms with Crippen LogP contribution in [0.1, 0.15) is 69.4 Å². The van der Waals surface area contributed by atoms with Crippen molar-refractivity contribution in [2.24, 2.45) is 0 Å². The van der Waals surface area contributed by atoms with Gasteiger partial charge >= 0.3 is 0 Å². The van der Waals surface area contributed by atoms with Gasteiger partial charge in [-0.05, 0) is 115 Å². The molecule has 8 nitrogen and oxygen atoms in total. The highest BCUT2D eigenvalue weighted by molar-refractivity contribution is 5.42. The smallest absolute Gasteiger partial charge is 0.0700 e. The van der Waals surface area contributed by atoms with Gasteiger partial charge in [0, 0.05) is 57.1 Å². The van der Waals surface area contributed by atoms with Gasteiger partial charge in [0.1, 0.15) is 0 Å². The van der Waals surface area contributed by atoms with Crippen molar-refractivity contribution in [2.45, 2.75) is 75.9 Å². The van der Waals surface area contributed by atoms with Gasteiger partial charge in [0.25, 0.3) is 0 Å². The Morgan fingerprint density at radius 3 is 2.13 bits per heavy atom. The Hall–Kier alpha value is -2.04. The third-order valence-corrected chi connectivity index (χ3v) is 9.99. The van der Waals surface area contributed by atoms with Crippen LogP contribution in [-0.4, -0.2) is 126 Å². The van der Waals surface area contributed by atoms with Gasteiger partial charge in [-0.1, -0.05) is 55.0 Å². The molecule has 3 atom stereocenters. The first-order chi connectivity index (χ1) is 23.2. The molecule has 0 aromatic heterocycles. The van der Waals surface area contributed by atoms with Crippen molar-refractivity contribution in [2.75, 3.05) is 105 Å². The molecular formula is C39H66N6O2. The number of anilines is 1. The van der Waals surface area contributed by atoms with E-state index in [0.717, 1.165) is 38.3 Å². The number of nitrogens with one attached hydrogen (secondary N) is 3. The molecule has 47 heavy (non-hydrogen) atoms. The number of piperidine rings is 1. The number of likely N-dealkylation sites (tertiary alicyclic amines) is 3. The lowest BCUT2D eigenvalue weighted by atomic mass is 10.0. The number of likely N-dealkylation sites (N-methyl/N-ethyl adjacent to an activating group) is 1. The van der Waals surface area contributed by atoms with Crippen LogP contribution in [0.25, 0.3) is 0 Å². The zero-order valence-electron chi connectivity index (χ0n) is 29.7. The fourth-order valence-corrected chi connectivity index (χ4v) is 7.14. The van der Waals surface area contributed by atoms with E-state index in [1.807, 2.05) is 6.07 Å². The molecule has 2 aromatic rings. The van der Waals surface area contributed by atoms with E-state index in [1.165, 1.54) is 115 Å². The molecule has 0 spiro atoms. The van der Waals surface area contributed by atoms with Crippen LogP contribution in [0.4, 0.5) is 5.69 Å². The van der Waals surface area contributed by atoms with Gasteiger partial charge in [-0.15, -0.1) is 0 Å². The number of nitrogens with zero attached hydrogens (tertiary/aromatic N) is 3. The average molecular weight is 651 g/mol. The van der Waals surface area contributed by atoms with Gasteiger partial charge < -0.3 is 40.1 Å². The third-order valence-electron chi connectivity index (χ3n) is 9.99. The molecule has 0 amide bonds. The molecule has 4 aliphatic heterocycles. The molecule has 0 saturated carbocycles. The summed E-state index contributed by atoms with van der Waals surface area (Å²) in [6.45, 7) is 14.0. The van der Waals surface area contributed by atoms with Crippen molar-refractivity contribution in [3.8, 4) is 0 Å².